The zero-order chi connectivity index (χ0) is 21.4. The molecule has 0 N–H and O–H groups in total. The molecule has 4 aromatic rings. The standard InChI is InChI=1S/C25H22ClN3O2/c1-17-9-10-20(28-11-13-31-14-12-28)16-23(17)29-25(30)22-8-3-2-7-21(22)24(27-29)18-5-4-6-19(26)15-18/h2-10,15-16H,11-14H2,1H3. The van der Waals surface area contributed by atoms with Gasteiger partial charge in [-0.2, -0.15) is 9.78 Å². The third kappa shape index (κ3) is 3.71. The van der Waals surface area contributed by atoms with E-state index in [9.17, 15) is 4.79 Å². The molecule has 1 fully saturated rings. The van der Waals surface area contributed by atoms with Gasteiger partial charge in [0.1, 0.15) is 0 Å². The predicted molar refractivity (Wildman–Crippen MR) is 126 cm³/mol. The molecular weight excluding hydrogens is 410 g/mol. The first kappa shape index (κ1) is 19.8. The number of ether oxygens (including phenoxy) is 1. The Kier molecular flexibility index (Phi) is 5.22. The Bertz CT molecular complexity index is 1330. The summed E-state index contributed by atoms with van der Waals surface area (Å²) in [6.45, 7) is 5.07. The van der Waals surface area contributed by atoms with Crippen LogP contribution in [0.25, 0.3) is 27.7 Å². The lowest BCUT2D eigenvalue weighted by Crippen LogP contribution is -2.36. The Hall–Kier alpha value is -3.15. The van der Waals surface area contributed by atoms with Gasteiger partial charge in [-0.25, -0.2) is 0 Å². The summed E-state index contributed by atoms with van der Waals surface area (Å²) >= 11 is 6.25. The van der Waals surface area contributed by atoms with Crippen molar-refractivity contribution in [3.8, 4) is 16.9 Å². The number of morpholine rings is 1. The van der Waals surface area contributed by atoms with Crippen molar-refractivity contribution in [3.63, 3.8) is 0 Å². The van der Waals surface area contributed by atoms with Crippen LogP contribution in [0.3, 0.4) is 0 Å². The summed E-state index contributed by atoms with van der Waals surface area (Å²) < 4.78 is 7.01. The fraction of sp³-hybridized carbons (Fsp3) is 0.200. The lowest BCUT2D eigenvalue weighted by Gasteiger charge is -2.29. The minimum atomic E-state index is -0.136. The second-order valence-electron chi connectivity index (χ2n) is 7.69. The van der Waals surface area contributed by atoms with Crippen LogP contribution in [0, 0.1) is 6.92 Å². The number of rotatable bonds is 3. The first-order valence-corrected chi connectivity index (χ1v) is 10.7. The van der Waals surface area contributed by atoms with E-state index in [2.05, 4.69) is 11.0 Å². The van der Waals surface area contributed by atoms with Gasteiger partial charge in [0.2, 0.25) is 0 Å². The first-order chi connectivity index (χ1) is 15.1. The third-order valence-electron chi connectivity index (χ3n) is 5.70. The molecule has 1 saturated heterocycles. The highest BCUT2D eigenvalue weighted by molar-refractivity contribution is 6.30. The summed E-state index contributed by atoms with van der Waals surface area (Å²) in [6.07, 6.45) is 0. The molecule has 5 rings (SSSR count). The molecule has 0 aliphatic carbocycles. The summed E-state index contributed by atoms with van der Waals surface area (Å²) in [7, 11) is 0. The van der Waals surface area contributed by atoms with Crippen molar-refractivity contribution in [1.29, 1.82) is 0 Å². The van der Waals surface area contributed by atoms with E-state index in [-0.39, 0.29) is 5.56 Å². The summed E-state index contributed by atoms with van der Waals surface area (Å²) in [5, 5.41) is 6.90. The number of hydrogen-bond acceptors (Lipinski definition) is 4. The van der Waals surface area contributed by atoms with Gasteiger partial charge in [-0.3, -0.25) is 4.79 Å². The van der Waals surface area contributed by atoms with Crippen LogP contribution >= 0.6 is 11.6 Å². The average Bonchev–Trinajstić information content (AvgIpc) is 2.81. The molecule has 1 aromatic heterocycles. The van der Waals surface area contributed by atoms with Crippen molar-refractivity contribution in [1.82, 2.24) is 9.78 Å². The fourth-order valence-corrected chi connectivity index (χ4v) is 4.24. The lowest BCUT2D eigenvalue weighted by atomic mass is 10.0. The smallest absolute Gasteiger partial charge is 0.279 e. The Morgan fingerprint density at radius 3 is 2.48 bits per heavy atom. The molecule has 0 unspecified atom stereocenters. The van der Waals surface area contributed by atoms with Crippen LogP contribution in [-0.2, 0) is 4.74 Å². The molecule has 0 amide bonds. The van der Waals surface area contributed by atoms with Gasteiger partial charge in [-0.15, -0.1) is 0 Å². The highest BCUT2D eigenvalue weighted by Gasteiger charge is 2.17. The molecule has 1 aliphatic heterocycles. The Labute approximate surface area is 185 Å². The zero-order valence-corrected chi connectivity index (χ0v) is 18.0. The van der Waals surface area contributed by atoms with E-state index in [1.807, 2.05) is 67.6 Å². The van der Waals surface area contributed by atoms with Crippen LogP contribution in [0.4, 0.5) is 5.69 Å². The summed E-state index contributed by atoms with van der Waals surface area (Å²) in [5.41, 5.74) is 4.30. The second-order valence-corrected chi connectivity index (χ2v) is 8.13. The molecule has 5 nitrogen and oxygen atoms in total. The predicted octanol–water partition coefficient (Wildman–Crippen LogP) is 4.85. The van der Waals surface area contributed by atoms with Gasteiger partial charge < -0.3 is 9.64 Å². The number of anilines is 1. The van der Waals surface area contributed by atoms with E-state index in [4.69, 9.17) is 21.4 Å². The van der Waals surface area contributed by atoms with Gasteiger partial charge in [-0.05, 0) is 42.8 Å². The van der Waals surface area contributed by atoms with Gasteiger partial charge in [0.05, 0.1) is 30.0 Å². The van der Waals surface area contributed by atoms with E-state index >= 15 is 0 Å². The summed E-state index contributed by atoms with van der Waals surface area (Å²) in [4.78, 5) is 15.7. The van der Waals surface area contributed by atoms with E-state index in [1.54, 1.807) is 0 Å². The molecule has 6 heteroatoms. The third-order valence-corrected chi connectivity index (χ3v) is 5.94. The highest BCUT2D eigenvalue weighted by atomic mass is 35.5. The maximum Gasteiger partial charge on any atom is 0.279 e. The minimum Gasteiger partial charge on any atom is -0.378 e. The van der Waals surface area contributed by atoms with Crippen LogP contribution in [0.2, 0.25) is 5.02 Å². The molecule has 0 radical (unpaired) electrons. The molecule has 0 bridgehead atoms. The number of hydrogen-bond donors (Lipinski definition) is 0. The van der Waals surface area contributed by atoms with E-state index < -0.39 is 0 Å². The average molecular weight is 432 g/mol. The number of fused-ring (bicyclic) bond motifs is 1. The number of halogens is 1. The molecule has 31 heavy (non-hydrogen) atoms. The van der Waals surface area contributed by atoms with E-state index in [0.29, 0.717) is 23.6 Å². The Morgan fingerprint density at radius 2 is 1.71 bits per heavy atom. The maximum atomic E-state index is 13.5. The van der Waals surface area contributed by atoms with Crippen molar-refractivity contribution in [2.75, 3.05) is 31.2 Å². The van der Waals surface area contributed by atoms with Crippen LogP contribution < -0.4 is 10.5 Å². The van der Waals surface area contributed by atoms with Gasteiger partial charge in [0.25, 0.3) is 5.56 Å². The Balaban J connectivity index is 1.74. The van der Waals surface area contributed by atoms with Crippen LogP contribution in [0.5, 0.6) is 0 Å². The summed E-state index contributed by atoms with van der Waals surface area (Å²) in [6, 6.07) is 21.3. The quantitative estimate of drug-likeness (QED) is 0.465. The fourth-order valence-electron chi connectivity index (χ4n) is 4.05. The number of aromatic nitrogens is 2. The topological polar surface area (TPSA) is 47.4 Å². The molecule has 0 atom stereocenters. The SMILES string of the molecule is Cc1ccc(N2CCOCC2)cc1-n1nc(-c2cccc(Cl)c2)c2ccccc2c1=O. The first-order valence-electron chi connectivity index (χ1n) is 10.3. The second kappa shape index (κ2) is 8.17. The van der Waals surface area contributed by atoms with Gasteiger partial charge >= 0.3 is 0 Å². The van der Waals surface area contributed by atoms with Crippen molar-refractivity contribution < 1.29 is 4.74 Å². The van der Waals surface area contributed by atoms with Crippen molar-refractivity contribution in [2.24, 2.45) is 0 Å². The zero-order valence-electron chi connectivity index (χ0n) is 17.2. The number of aryl methyl sites for hydroxylation is 1. The largest absolute Gasteiger partial charge is 0.378 e. The van der Waals surface area contributed by atoms with Crippen LogP contribution in [-0.4, -0.2) is 36.1 Å². The molecule has 3 aromatic carbocycles. The molecule has 0 spiro atoms. The monoisotopic (exact) mass is 431 g/mol. The van der Waals surface area contributed by atoms with E-state index in [0.717, 1.165) is 46.7 Å². The number of nitrogens with zero attached hydrogens (tertiary/aromatic N) is 3. The molecular formula is C25H22ClN3O2. The maximum absolute atomic E-state index is 13.5. The van der Waals surface area contributed by atoms with Gasteiger partial charge in [0.15, 0.2) is 0 Å². The normalized spacial score (nSPS) is 14.2. The molecule has 1 aliphatic rings. The van der Waals surface area contributed by atoms with Crippen LogP contribution in [0.1, 0.15) is 5.56 Å². The van der Waals surface area contributed by atoms with Gasteiger partial charge in [0, 0.05) is 34.7 Å². The lowest BCUT2D eigenvalue weighted by molar-refractivity contribution is 0.122. The molecule has 156 valence electrons. The Morgan fingerprint density at radius 1 is 0.935 bits per heavy atom. The van der Waals surface area contributed by atoms with Crippen molar-refractivity contribution >= 4 is 28.1 Å². The van der Waals surface area contributed by atoms with Gasteiger partial charge in [-0.1, -0.05) is 48.0 Å². The van der Waals surface area contributed by atoms with Crippen LogP contribution in [0.15, 0.2) is 71.5 Å². The molecule has 2 heterocycles. The number of benzene rings is 3. The highest BCUT2D eigenvalue weighted by Crippen LogP contribution is 2.28. The van der Waals surface area contributed by atoms with Crippen molar-refractivity contribution in [3.05, 3.63) is 87.7 Å². The molecule has 0 saturated carbocycles. The minimum absolute atomic E-state index is 0.136. The summed E-state index contributed by atoms with van der Waals surface area (Å²) in [5.74, 6) is 0. The van der Waals surface area contributed by atoms with E-state index in [1.165, 1.54) is 4.68 Å². The van der Waals surface area contributed by atoms with Crippen molar-refractivity contribution in [2.45, 2.75) is 6.92 Å².